The minimum atomic E-state index is -0.353. The minimum Gasteiger partial charge on any atom is -0.462 e. The summed E-state index contributed by atoms with van der Waals surface area (Å²) in [7, 11) is 0. The maximum Gasteiger partial charge on any atom is 0.333 e. The molecule has 0 aliphatic carbocycles. The predicted molar refractivity (Wildman–Crippen MR) is 131 cm³/mol. The molecule has 0 heterocycles. The molecule has 0 fully saturated rings. The summed E-state index contributed by atoms with van der Waals surface area (Å²) < 4.78 is 5.26. The van der Waals surface area contributed by atoms with Gasteiger partial charge in [-0.1, -0.05) is 79.7 Å². The van der Waals surface area contributed by atoms with E-state index >= 15 is 0 Å². The first kappa shape index (κ1) is 23.5. The van der Waals surface area contributed by atoms with Crippen LogP contribution in [-0.2, 0) is 29.0 Å². The van der Waals surface area contributed by atoms with Crippen molar-refractivity contribution < 1.29 is 14.6 Å². The molecule has 0 radical (unpaired) electrons. The molecule has 166 valence electrons. The molecule has 1 N–H and O–H groups in total. The zero-order chi connectivity index (χ0) is 23.1. The Morgan fingerprint density at radius 1 is 0.938 bits per heavy atom. The van der Waals surface area contributed by atoms with Crippen LogP contribution in [0.3, 0.4) is 0 Å². The highest BCUT2D eigenvalue weighted by Gasteiger charge is 2.12. The zero-order valence-corrected chi connectivity index (χ0v) is 19.3. The number of aliphatic hydroxyl groups excluding tert-OH is 1. The van der Waals surface area contributed by atoms with Crippen LogP contribution >= 0.6 is 0 Å². The van der Waals surface area contributed by atoms with Crippen molar-refractivity contribution in [1.82, 2.24) is 0 Å². The van der Waals surface area contributed by atoms with Crippen LogP contribution in [0.4, 0.5) is 0 Å². The largest absolute Gasteiger partial charge is 0.462 e. The molecule has 0 bridgehead atoms. The first-order chi connectivity index (χ1) is 15.4. The van der Waals surface area contributed by atoms with Crippen molar-refractivity contribution in [2.24, 2.45) is 0 Å². The van der Waals surface area contributed by atoms with Crippen LogP contribution in [0.2, 0.25) is 0 Å². The topological polar surface area (TPSA) is 46.5 Å². The van der Waals surface area contributed by atoms with E-state index in [0.717, 1.165) is 24.0 Å². The Morgan fingerprint density at radius 2 is 1.59 bits per heavy atom. The number of ether oxygens (including phenoxy) is 1. The van der Waals surface area contributed by atoms with Crippen LogP contribution in [0.15, 0.2) is 72.8 Å². The number of rotatable bonds is 9. The van der Waals surface area contributed by atoms with Gasteiger partial charge in [0.15, 0.2) is 0 Å². The summed E-state index contributed by atoms with van der Waals surface area (Å²) in [5.74, 6) is -0.353. The Morgan fingerprint density at radius 3 is 2.25 bits per heavy atom. The van der Waals surface area contributed by atoms with Gasteiger partial charge in [0, 0.05) is 5.57 Å². The van der Waals surface area contributed by atoms with E-state index in [9.17, 15) is 9.90 Å². The van der Waals surface area contributed by atoms with Crippen LogP contribution in [-0.4, -0.2) is 17.7 Å². The van der Waals surface area contributed by atoms with Gasteiger partial charge in [0.1, 0.15) is 0 Å². The third-order valence-corrected chi connectivity index (χ3v) is 5.69. The molecule has 3 aromatic rings. The molecule has 0 aromatic heterocycles. The monoisotopic (exact) mass is 428 g/mol. The molecular weight excluding hydrogens is 396 g/mol. The molecular formula is C29H32O3. The summed E-state index contributed by atoms with van der Waals surface area (Å²) >= 11 is 0. The molecule has 0 saturated heterocycles. The van der Waals surface area contributed by atoms with Gasteiger partial charge >= 0.3 is 5.97 Å². The van der Waals surface area contributed by atoms with E-state index in [2.05, 4.69) is 75.0 Å². The van der Waals surface area contributed by atoms with Gasteiger partial charge in [-0.05, 0) is 72.1 Å². The Bertz CT molecular complexity index is 1090. The summed E-state index contributed by atoms with van der Waals surface area (Å²) in [5.41, 5.74) is 9.80. The molecule has 3 nitrogen and oxygen atoms in total. The first-order valence-electron chi connectivity index (χ1n) is 11.2. The summed E-state index contributed by atoms with van der Waals surface area (Å²) in [6.07, 6.45) is 2.39. The molecule has 0 unspecified atom stereocenters. The van der Waals surface area contributed by atoms with Crippen LogP contribution in [0.5, 0.6) is 0 Å². The van der Waals surface area contributed by atoms with E-state index in [0.29, 0.717) is 18.6 Å². The van der Waals surface area contributed by atoms with Gasteiger partial charge < -0.3 is 9.84 Å². The highest BCUT2D eigenvalue weighted by atomic mass is 16.5. The average molecular weight is 429 g/mol. The van der Waals surface area contributed by atoms with Gasteiger partial charge in [0.25, 0.3) is 0 Å². The quantitative estimate of drug-likeness (QED) is 0.242. The van der Waals surface area contributed by atoms with Crippen molar-refractivity contribution in [3.05, 3.63) is 95.1 Å². The van der Waals surface area contributed by atoms with E-state index in [1.54, 1.807) is 6.92 Å². The van der Waals surface area contributed by atoms with Gasteiger partial charge in [0.2, 0.25) is 0 Å². The number of aliphatic hydroxyl groups is 1. The second-order valence-electron chi connectivity index (χ2n) is 8.26. The van der Waals surface area contributed by atoms with Crippen LogP contribution in [0.1, 0.15) is 42.5 Å². The highest BCUT2D eigenvalue weighted by Crippen LogP contribution is 2.33. The Labute approximate surface area is 191 Å². The maximum atomic E-state index is 11.6. The number of benzene rings is 3. The molecule has 0 atom stereocenters. The average Bonchev–Trinajstić information content (AvgIpc) is 2.81. The van der Waals surface area contributed by atoms with Crippen molar-refractivity contribution in [3.8, 4) is 22.3 Å². The zero-order valence-electron chi connectivity index (χ0n) is 19.3. The van der Waals surface area contributed by atoms with Gasteiger partial charge in [-0.3, -0.25) is 0 Å². The second kappa shape index (κ2) is 10.9. The standard InChI is InChI=1S/C29H32O3/c1-5-23-18-25(24-11-8-21(4)9-12-24)13-15-27(23)28-14-10-22(19-30)17-26(28)7-6-16-32-29(31)20(2)3/h8-15,17-18,30H,2,5-7,16,19H2,1,3-4H3. The highest BCUT2D eigenvalue weighted by molar-refractivity contribution is 5.86. The number of aryl methyl sites for hydroxylation is 3. The maximum absolute atomic E-state index is 11.6. The Balaban J connectivity index is 1.89. The summed E-state index contributed by atoms with van der Waals surface area (Å²) in [6, 6.07) is 21.4. The molecule has 0 amide bonds. The van der Waals surface area contributed by atoms with Crippen molar-refractivity contribution in [2.45, 2.75) is 46.6 Å². The summed E-state index contributed by atoms with van der Waals surface area (Å²) in [4.78, 5) is 11.6. The molecule has 0 aliphatic heterocycles. The Hall–Kier alpha value is -3.17. The smallest absolute Gasteiger partial charge is 0.333 e. The lowest BCUT2D eigenvalue weighted by Crippen LogP contribution is -2.07. The van der Waals surface area contributed by atoms with Crippen molar-refractivity contribution >= 4 is 5.97 Å². The van der Waals surface area contributed by atoms with Crippen LogP contribution < -0.4 is 0 Å². The molecule has 0 spiro atoms. The van der Waals surface area contributed by atoms with Gasteiger partial charge in [0.05, 0.1) is 13.2 Å². The van der Waals surface area contributed by atoms with Gasteiger partial charge in [-0.2, -0.15) is 0 Å². The summed E-state index contributed by atoms with van der Waals surface area (Å²) in [6.45, 7) is 9.90. The molecule has 32 heavy (non-hydrogen) atoms. The molecule has 0 saturated carbocycles. The van der Waals surface area contributed by atoms with Gasteiger partial charge in [-0.25, -0.2) is 4.79 Å². The predicted octanol–water partition coefficient (Wildman–Crippen LogP) is 6.44. The minimum absolute atomic E-state index is 0.00488. The lowest BCUT2D eigenvalue weighted by atomic mass is 9.89. The van der Waals surface area contributed by atoms with E-state index in [-0.39, 0.29) is 12.6 Å². The number of carbonyl (C=O) groups is 1. The number of hydrogen-bond acceptors (Lipinski definition) is 3. The molecule has 0 aliphatic rings. The van der Waals surface area contributed by atoms with E-state index in [1.807, 2.05) is 6.07 Å². The fourth-order valence-corrected chi connectivity index (χ4v) is 3.84. The number of carbonyl (C=O) groups excluding carboxylic acids is 1. The fourth-order valence-electron chi connectivity index (χ4n) is 3.84. The molecule has 3 heteroatoms. The van der Waals surface area contributed by atoms with Crippen LogP contribution in [0, 0.1) is 6.92 Å². The van der Waals surface area contributed by atoms with Crippen LogP contribution in [0.25, 0.3) is 22.3 Å². The van der Waals surface area contributed by atoms with E-state index < -0.39 is 0 Å². The number of hydrogen-bond donors (Lipinski definition) is 1. The third-order valence-electron chi connectivity index (χ3n) is 5.69. The molecule has 3 aromatic carbocycles. The lowest BCUT2D eigenvalue weighted by molar-refractivity contribution is -0.139. The number of esters is 1. The van der Waals surface area contributed by atoms with Crippen molar-refractivity contribution in [2.75, 3.05) is 6.61 Å². The first-order valence-corrected chi connectivity index (χ1v) is 11.2. The fraction of sp³-hybridized carbons (Fsp3) is 0.276. The lowest BCUT2D eigenvalue weighted by Gasteiger charge is -2.16. The van der Waals surface area contributed by atoms with Gasteiger partial charge in [-0.15, -0.1) is 0 Å². The summed E-state index contributed by atoms with van der Waals surface area (Å²) in [5, 5.41) is 9.63. The van der Waals surface area contributed by atoms with Crippen molar-refractivity contribution in [1.29, 1.82) is 0 Å². The van der Waals surface area contributed by atoms with E-state index in [4.69, 9.17) is 4.74 Å². The third kappa shape index (κ3) is 5.74. The SMILES string of the molecule is C=C(C)C(=O)OCCCc1cc(CO)ccc1-c1ccc(-c2ccc(C)cc2)cc1CC. The second-order valence-corrected chi connectivity index (χ2v) is 8.26. The van der Waals surface area contributed by atoms with Crippen molar-refractivity contribution in [3.63, 3.8) is 0 Å². The van der Waals surface area contributed by atoms with E-state index in [1.165, 1.54) is 33.4 Å². The Kier molecular flexibility index (Phi) is 8.02. The normalized spacial score (nSPS) is 10.8. The molecule has 3 rings (SSSR count).